The Balaban J connectivity index is 1.92. The molecule has 1 N–H and O–H groups in total. The van der Waals surface area contributed by atoms with Gasteiger partial charge in [0, 0.05) is 0 Å². The van der Waals surface area contributed by atoms with Crippen LogP contribution < -0.4 is 14.4 Å². The number of anilines is 1. The third-order valence-corrected chi connectivity index (χ3v) is 6.55. The van der Waals surface area contributed by atoms with Crippen molar-refractivity contribution in [3.05, 3.63) is 89.9 Å². The van der Waals surface area contributed by atoms with Crippen molar-refractivity contribution in [2.24, 2.45) is 0 Å². The van der Waals surface area contributed by atoms with Crippen LogP contribution >= 0.6 is 11.6 Å². The van der Waals surface area contributed by atoms with Crippen molar-refractivity contribution in [3.63, 3.8) is 0 Å². The highest BCUT2D eigenvalue weighted by molar-refractivity contribution is 7.92. The van der Waals surface area contributed by atoms with Crippen molar-refractivity contribution in [2.75, 3.05) is 18.0 Å². The molecule has 0 atom stereocenters. The van der Waals surface area contributed by atoms with Gasteiger partial charge in [-0.1, -0.05) is 17.7 Å². The van der Waals surface area contributed by atoms with Crippen LogP contribution in [0, 0.1) is 0 Å². The molecule has 1 amide bonds. The summed E-state index contributed by atoms with van der Waals surface area (Å²) >= 11 is 6.17. The molecule has 0 saturated heterocycles. The SMILES string of the molecule is C=CCN(c1ccc(OC)cc1)S(=O)(=O)c1ccc(Cl)c(C(=O)NCc2ccco2)c1. The van der Waals surface area contributed by atoms with Crippen LogP contribution in [0.3, 0.4) is 0 Å². The number of amides is 1. The third-order valence-electron chi connectivity index (χ3n) is 4.43. The van der Waals surface area contributed by atoms with Gasteiger partial charge in [-0.15, -0.1) is 6.58 Å². The Labute approximate surface area is 185 Å². The minimum atomic E-state index is -4.00. The number of carbonyl (C=O) groups is 1. The summed E-state index contributed by atoms with van der Waals surface area (Å²) in [5.41, 5.74) is 0.474. The van der Waals surface area contributed by atoms with Crippen molar-refractivity contribution in [2.45, 2.75) is 11.4 Å². The Hall–Kier alpha value is -3.23. The summed E-state index contributed by atoms with van der Waals surface area (Å²) in [5.74, 6) is 0.643. The van der Waals surface area contributed by atoms with Gasteiger partial charge in [0.25, 0.3) is 15.9 Å². The van der Waals surface area contributed by atoms with E-state index in [0.717, 1.165) is 0 Å². The van der Waals surface area contributed by atoms with E-state index in [1.54, 1.807) is 36.4 Å². The van der Waals surface area contributed by atoms with Crippen molar-refractivity contribution in [3.8, 4) is 5.75 Å². The van der Waals surface area contributed by atoms with E-state index in [4.69, 9.17) is 20.8 Å². The largest absolute Gasteiger partial charge is 0.497 e. The maximum atomic E-state index is 13.4. The first-order valence-corrected chi connectivity index (χ1v) is 11.1. The Morgan fingerprint density at radius 1 is 1.23 bits per heavy atom. The van der Waals surface area contributed by atoms with Crippen LogP contribution in [0.2, 0.25) is 5.02 Å². The van der Waals surface area contributed by atoms with Gasteiger partial charge in [0.15, 0.2) is 0 Å². The van der Waals surface area contributed by atoms with E-state index in [1.807, 2.05) is 0 Å². The average molecular weight is 461 g/mol. The molecule has 0 spiro atoms. The number of halogens is 1. The fraction of sp³-hybridized carbons (Fsp3) is 0.136. The highest BCUT2D eigenvalue weighted by Crippen LogP contribution is 2.28. The predicted molar refractivity (Wildman–Crippen MR) is 119 cm³/mol. The highest BCUT2D eigenvalue weighted by Gasteiger charge is 2.26. The van der Waals surface area contributed by atoms with E-state index in [2.05, 4.69) is 11.9 Å². The summed E-state index contributed by atoms with van der Waals surface area (Å²) in [4.78, 5) is 12.5. The van der Waals surface area contributed by atoms with Gasteiger partial charge in [0.2, 0.25) is 0 Å². The molecule has 162 valence electrons. The molecule has 0 radical (unpaired) electrons. The lowest BCUT2D eigenvalue weighted by molar-refractivity contribution is 0.0948. The molecule has 0 aliphatic heterocycles. The lowest BCUT2D eigenvalue weighted by Gasteiger charge is -2.23. The van der Waals surface area contributed by atoms with Crippen molar-refractivity contribution < 1.29 is 22.4 Å². The van der Waals surface area contributed by atoms with Gasteiger partial charge >= 0.3 is 0 Å². The Kier molecular flexibility index (Phi) is 7.04. The van der Waals surface area contributed by atoms with Gasteiger partial charge < -0.3 is 14.5 Å². The van der Waals surface area contributed by atoms with E-state index in [1.165, 1.54) is 42.0 Å². The van der Waals surface area contributed by atoms with Crippen LogP contribution in [0.15, 0.2) is 82.8 Å². The molecule has 0 bridgehead atoms. The number of ether oxygens (including phenoxy) is 1. The number of sulfonamides is 1. The number of furan rings is 1. The summed E-state index contributed by atoms with van der Waals surface area (Å²) in [6.07, 6.45) is 2.98. The molecule has 9 heteroatoms. The lowest BCUT2D eigenvalue weighted by Crippen LogP contribution is -2.31. The molecule has 1 aromatic heterocycles. The van der Waals surface area contributed by atoms with E-state index in [9.17, 15) is 13.2 Å². The first-order chi connectivity index (χ1) is 14.9. The number of nitrogens with zero attached hydrogens (tertiary/aromatic N) is 1. The maximum Gasteiger partial charge on any atom is 0.264 e. The fourth-order valence-electron chi connectivity index (χ4n) is 2.85. The molecule has 7 nitrogen and oxygen atoms in total. The lowest BCUT2D eigenvalue weighted by atomic mass is 10.2. The zero-order valence-electron chi connectivity index (χ0n) is 16.7. The maximum absolute atomic E-state index is 13.4. The monoisotopic (exact) mass is 460 g/mol. The summed E-state index contributed by atoms with van der Waals surface area (Å²) in [6, 6.07) is 14.0. The fourth-order valence-corrected chi connectivity index (χ4v) is 4.52. The Morgan fingerprint density at radius 3 is 2.58 bits per heavy atom. The average Bonchev–Trinajstić information content (AvgIpc) is 3.29. The Bertz CT molecular complexity index is 1160. The topological polar surface area (TPSA) is 88.8 Å². The molecule has 31 heavy (non-hydrogen) atoms. The minimum absolute atomic E-state index is 0.0390. The number of hydrogen-bond donors (Lipinski definition) is 1. The number of benzene rings is 2. The molecule has 3 rings (SSSR count). The molecular weight excluding hydrogens is 440 g/mol. The quantitative estimate of drug-likeness (QED) is 0.482. The second-order valence-electron chi connectivity index (χ2n) is 6.43. The second-order valence-corrected chi connectivity index (χ2v) is 8.70. The van der Waals surface area contributed by atoms with Crippen LogP contribution in [0.5, 0.6) is 5.75 Å². The second kappa shape index (κ2) is 9.72. The van der Waals surface area contributed by atoms with Crippen molar-refractivity contribution in [1.82, 2.24) is 5.32 Å². The summed E-state index contributed by atoms with van der Waals surface area (Å²) in [5, 5.41) is 2.80. The molecule has 2 aromatic carbocycles. The number of rotatable bonds is 9. The smallest absolute Gasteiger partial charge is 0.264 e. The van der Waals surface area contributed by atoms with E-state index in [0.29, 0.717) is 17.2 Å². The highest BCUT2D eigenvalue weighted by atomic mass is 35.5. The van der Waals surface area contributed by atoms with E-state index < -0.39 is 15.9 Å². The number of hydrogen-bond acceptors (Lipinski definition) is 5. The first-order valence-electron chi connectivity index (χ1n) is 9.24. The molecule has 0 unspecified atom stereocenters. The van der Waals surface area contributed by atoms with Gasteiger partial charge in [-0.05, 0) is 54.6 Å². The zero-order valence-corrected chi connectivity index (χ0v) is 18.3. The molecule has 3 aromatic rings. The third kappa shape index (κ3) is 5.10. The molecule has 0 fully saturated rings. The molecule has 1 heterocycles. The molecule has 0 saturated carbocycles. The van der Waals surface area contributed by atoms with Crippen LogP contribution in [-0.4, -0.2) is 28.0 Å². The molecule has 0 aliphatic carbocycles. The molecular formula is C22H21ClN2O5S. The van der Waals surface area contributed by atoms with Crippen LogP contribution in [0.25, 0.3) is 0 Å². The number of methoxy groups -OCH3 is 1. The summed E-state index contributed by atoms with van der Waals surface area (Å²) < 4.78 is 38.2. The van der Waals surface area contributed by atoms with Gasteiger partial charge in [0.05, 0.1) is 47.6 Å². The summed E-state index contributed by atoms with van der Waals surface area (Å²) in [6.45, 7) is 3.84. The predicted octanol–water partition coefficient (Wildman–Crippen LogP) is 4.25. The zero-order chi connectivity index (χ0) is 22.4. The van der Waals surface area contributed by atoms with E-state index in [-0.39, 0.29) is 28.6 Å². The summed E-state index contributed by atoms with van der Waals surface area (Å²) in [7, 11) is -2.48. The van der Waals surface area contributed by atoms with Gasteiger partial charge in [-0.3, -0.25) is 9.10 Å². The van der Waals surface area contributed by atoms with E-state index >= 15 is 0 Å². The minimum Gasteiger partial charge on any atom is -0.497 e. The molecule has 0 aliphatic rings. The van der Waals surface area contributed by atoms with Crippen LogP contribution in [0.4, 0.5) is 5.69 Å². The first kappa shape index (κ1) is 22.5. The Morgan fingerprint density at radius 2 is 1.97 bits per heavy atom. The van der Waals surface area contributed by atoms with Gasteiger partial charge in [0.1, 0.15) is 11.5 Å². The van der Waals surface area contributed by atoms with Crippen molar-refractivity contribution >= 4 is 33.2 Å². The van der Waals surface area contributed by atoms with Crippen LogP contribution in [0.1, 0.15) is 16.1 Å². The number of carbonyl (C=O) groups excluding carboxylic acids is 1. The van der Waals surface area contributed by atoms with Gasteiger partial charge in [-0.2, -0.15) is 0 Å². The van der Waals surface area contributed by atoms with Crippen LogP contribution in [-0.2, 0) is 16.6 Å². The van der Waals surface area contributed by atoms with Crippen molar-refractivity contribution in [1.29, 1.82) is 0 Å². The standard InChI is InChI=1S/C22H21ClN2O5S/c1-3-12-25(16-6-8-17(29-2)9-7-16)31(27,28)19-10-11-21(23)20(14-19)22(26)24-15-18-5-4-13-30-18/h3-11,13-14H,1,12,15H2,2H3,(H,24,26). The van der Waals surface area contributed by atoms with Gasteiger partial charge in [-0.25, -0.2) is 8.42 Å². The normalized spacial score (nSPS) is 11.0. The number of nitrogens with one attached hydrogen (secondary N) is 1.